The van der Waals surface area contributed by atoms with Crippen LogP contribution in [0.4, 0.5) is 0 Å². The number of phenolic OH excluding ortho intramolecular Hbond substituents is 2. The van der Waals surface area contributed by atoms with Crippen molar-refractivity contribution >= 4 is 0 Å². The third kappa shape index (κ3) is 1.47. The fourth-order valence-corrected chi connectivity index (χ4v) is 1.83. The van der Waals surface area contributed by atoms with Crippen LogP contribution in [0, 0.1) is 0 Å². The molecule has 1 aromatic rings. The van der Waals surface area contributed by atoms with E-state index in [2.05, 4.69) is 5.32 Å². The largest absolute Gasteiger partial charge is 0.507 e. The van der Waals surface area contributed by atoms with Gasteiger partial charge in [0.15, 0.2) is 0 Å². The average molecular weight is 179 g/mol. The molecular formula is C10H13NO2. The van der Waals surface area contributed by atoms with Gasteiger partial charge in [0.2, 0.25) is 0 Å². The average Bonchev–Trinajstić information content (AvgIpc) is 2.57. The molecule has 1 aromatic carbocycles. The van der Waals surface area contributed by atoms with Crippen LogP contribution >= 0.6 is 0 Å². The standard InChI is InChI=1S/C10H13NO2/c12-8-4-1-5-9(13)10(8)7-3-2-6-11-7/h1,4-5,7,11-13H,2-3,6H2. The van der Waals surface area contributed by atoms with E-state index >= 15 is 0 Å². The van der Waals surface area contributed by atoms with Gasteiger partial charge in [0.25, 0.3) is 0 Å². The quantitative estimate of drug-likeness (QED) is 0.612. The van der Waals surface area contributed by atoms with Gasteiger partial charge in [-0.05, 0) is 31.5 Å². The van der Waals surface area contributed by atoms with Crippen molar-refractivity contribution in [3.05, 3.63) is 23.8 Å². The highest BCUT2D eigenvalue weighted by molar-refractivity contribution is 5.45. The summed E-state index contributed by atoms with van der Waals surface area (Å²) in [6.45, 7) is 0.957. The van der Waals surface area contributed by atoms with Crippen molar-refractivity contribution in [1.82, 2.24) is 5.32 Å². The van der Waals surface area contributed by atoms with E-state index < -0.39 is 0 Å². The Morgan fingerprint density at radius 3 is 2.46 bits per heavy atom. The molecule has 2 rings (SSSR count). The van der Waals surface area contributed by atoms with Gasteiger partial charge in [-0.1, -0.05) is 6.07 Å². The molecule has 1 atom stereocenters. The monoisotopic (exact) mass is 179 g/mol. The lowest BCUT2D eigenvalue weighted by atomic mass is 10.0. The summed E-state index contributed by atoms with van der Waals surface area (Å²) < 4.78 is 0. The fourth-order valence-electron chi connectivity index (χ4n) is 1.83. The Labute approximate surface area is 77.0 Å². The summed E-state index contributed by atoms with van der Waals surface area (Å²) in [5, 5.41) is 22.3. The fraction of sp³-hybridized carbons (Fsp3) is 0.400. The molecule has 3 nitrogen and oxygen atoms in total. The van der Waals surface area contributed by atoms with Crippen molar-refractivity contribution in [3.8, 4) is 11.5 Å². The van der Waals surface area contributed by atoms with Crippen molar-refractivity contribution in [2.24, 2.45) is 0 Å². The SMILES string of the molecule is Oc1cccc(O)c1C1CCCN1. The molecule has 0 spiro atoms. The number of phenols is 2. The molecule has 0 saturated carbocycles. The zero-order valence-electron chi connectivity index (χ0n) is 7.33. The highest BCUT2D eigenvalue weighted by Gasteiger charge is 2.21. The number of aromatic hydroxyl groups is 2. The lowest BCUT2D eigenvalue weighted by Crippen LogP contribution is -2.13. The van der Waals surface area contributed by atoms with Crippen molar-refractivity contribution < 1.29 is 10.2 Å². The molecule has 0 aliphatic carbocycles. The van der Waals surface area contributed by atoms with E-state index in [1.165, 1.54) is 0 Å². The smallest absolute Gasteiger partial charge is 0.124 e. The minimum atomic E-state index is 0.112. The maximum atomic E-state index is 9.55. The topological polar surface area (TPSA) is 52.5 Å². The van der Waals surface area contributed by atoms with E-state index in [1.807, 2.05) is 0 Å². The first kappa shape index (κ1) is 8.38. The van der Waals surface area contributed by atoms with Crippen LogP contribution in [-0.2, 0) is 0 Å². The third-order valence-corrected chi connectivity index (χ3v) is 2.47. The molecule has 3 heteroatoms. The van der Waals surface area contributed by atoms with E-state index in [9.17, 15) is 10.2 Å². The van der Waals surface area contributed by atoms with Gasteiger partial charge in [-0.25, -0.2) is 0 Å². The van der Waals surface area contributed by atoms with E-state index in [4.69, 9.17) is 0 Å². The first-order valence-corrected chi connectivity index (χ1v) is 4.53. The van der Waals surface area contributed by atoms with Crippen LogP contribution in [0.1, 0.15) is 24.4 Å². The first-order chi connectivity index (χ1) is 6.29. The second-order valence-electron chi connectivity index (χ2n) is 3.36. The normalized spacial score (nSPS) is 22.0. The zero-order valence-corrected chi connectivity index (χ0v) is 7.33. The molecule has 3 N–H and O–H groups in total. The Kier molecular flexibility index (Phi) is 2.10. The van der Waals surface area contributed by atoms with Crippen LogP contribution in [0.5, 0.6) is 11.5 Å². The number of hydrogen-bond acceptors (Lipinski definition) is 3. The Balaban J connectivity index is 2.37. The maximum Gasteiger partial charge on any atom is 0.124 e. The predicted octanol–water partition coefficient (Wildman–Crippen LogP) is 1.52. The second-order valence-corrected chi connectivity index (χ2v) is 3.36. The summed E-state index contributed by atoms with van der Waals surface area (Å²) >= 11 is 0. The minimum absolute atomic E-state index is 0.112. The van der Waals surface area contributed by atoms with Crippen molar-refractivity contribution in [1.29, 1.82) is 0 Å². The Morgan fingerprint density at radius 2 is 1.92 bits per heavy atom. The molecule has 1 heterocycles. The predicted molar refractivity (Wildman–Crippen MR) is 49.7 cm³/mol. The molecule has 1 aliphatic heterocycles. The Bertz CT molecular complexity index is 286. The van der Waals surface area contributed by atoms with Crippen LogP contribution in [0.3, 0.4) is 0 Å². The summed E-state index contributed by atoms with van der Waals surface area (Å²) in [5.41, 5.74) is 0.639. The van der Waals surface area contributed by atoms with E-state index in [0.29, 0.717) is 5.56 Å². The van der Waals surface area contributed by atoms with Crippen molar-refractivity contribution in [2.75, 3.05) is 6.54 Å². The molecule has 1 fully saturated rings. The number of benzene rings is 1. The molecule has 70 valence electrons. The van der Waals surface area contributed by atoms with Crippen molar-refractivity contribution in [3.63, 3.8) is 0 Å². The van der Waals surface area contributed by atoms with Crippen LogP contribution in [0.25, 0.3) is 0 Å². The van der Waals surface area contributed by atoms with Crippen LogP contribution in [-0.4, -0.2) is 16.8 Å². The number of nitrogens with one attached hydrogen (secondary N) is 1. The van der Waals surface area contributed by atoms with Gasteiger partial charge in [-0.2, -0.15) is 0 Å². The van der Waals surface area contributed by atoms with Gasteiger partial charge < -0.3 is 15.5 Å². The zero-order chi connectivity index (χ0) is 9.26. The van der Waals surface area contributed by atoms with E-state index in [0.717, 1.165) is 19.4 Å². The van der Waals surface area contributed by atoms with Crippen LogP contribution < -0.4 is 5.32 Å². The third-order valence-electron chi connectivity index (χ3n) is 2.47. The molecule has 0 radical (unpaired) electrons. The second kappa shape index (κ2) is 3.26. The highest BCUT2D eigenvalue weighted by Crippen LogP contribution is 2.36. The Morgan fingerprint density at radius 1 is 1.23 bits per heavy atom. The number of rotatable bonds is 1. The Hall–Kier alpha value is -1.22. The minimum Gasteiger partial charge on any atom is -0.507 e. The van der Waals surface area contributed by atoms with Crippen molar-refractivity contribution in [2.45, 2.75) is 18.9 Å². The molecule has 1 saturated heterocycles. The summed E-state index contributed by atoms with van der Waals surface area (Å²) in [6.07, 6.45) is 2.07. The number of hydrogen-bond donors (Lipinski definition) is 3. The van der Waals surface area contributed by atoms with Gasteiger partial charge >= 0.3 is 0 Å². The molecule has 0 amide bonds. The summed E-state index contributed by atoms with van der Waals surface area (Å²) in [5.74, 6) is 0.360. The highest BCUT2D eigenvalue weighted by atomic mass is 16.3. The van der Waals surface area contributed by atoms with Crippen LogP contribution in [0.2, 0.25) is 0 Å². The van der Waals surface area contributed by atoms with Gasteiger partial charge in [0.1, 0.15) is 11.5 Å². The first-order valence-electron chi connectivity index (χ1n) is 4.53. The van der Waals surface area contributed by atoms with E-state index in [1.54, 1.807) is 18.2 Å². The summed E-state index contributed by atoms with van der Waals surface area (Å²) in [7, 11) is 0. The van der Waals surface area contributed by atoms with E-state index in [-0.39, 0.29) is 17.5 Å². The molecule has 0 aromatic heterocycles. The summed E-state index contributed by atoms with van der Waals surface area (Å²) in [4.78, 5) is 0. The lowest BCUT2D eigenvalue weighted by Gasteiger charge is -2.13. The molecule has 1 unspecified atom stereocenters. The molecule has 1 aliphatic rings. The molecular weight excluding hydrogens is 166 g/mol. The van der Waals surface area contributed by atoms with Crippen LogP contribution in [0.15, 0.2) is 18.2 Å². The van der Waals surface area contributed by atoms with Gasteiger partial charge in [-0.15, -0.1) is 0 Å². The van der Waals surface area contributed by atoms with Gasteiger partial charge in [0.05, 0.1) is 5.56 Å². The van der Waals surface area contributed by atoms with Gasteiger partial charge in [-0.3, -0.25) is 0 Å². The lowest BCUT2D eigenvalue weighted by molar-refractivity contribution is 0.423. The van der Waals surface area contributed by atoms with Gasteiger partial charge in [0, 0.05) is 6.04 Å². The maximum absolute atomic E-state index is 9.55. The molecule has 0 bridgehead atoms. The summed E-state index contributed by atoms with van der Waals surface area (Å²) in [6, 6.07) is 4.97. The molecule has 13 heavy (non-hydrogen) atoms.